The third-order valence-corrected chi connectivity index (χ3v) is 13.1. The van der Waals surface area contributed by atoms with Gasteiger partial charge in [-0.05, 0) is 97.7 Å². The van der Waals surface area contributed by atoms with Crippen LogP contribution < -0.4 is 0 Å². The Morgan fingerprint density at radius 1 is 0.339 bits per heavy atom. The fourth-order valence-corrected chi connectivity index (χ4v) is 9.94. The largest absolute Gasteiger partial charge is 0.309 e. The molecule has 0 atom stereocenters. The summed E-state index contributed by atoms with van der Waals surface area (Å²) in [7, 11) is 0. The molecule has 0 saturated heterocycles. The zero-order valence-electron chi connectivity index (χ0n) is 34.5. The highest BCUT2D eigenvalue weighted by Crippen LogP contribution is 2.49. The van der Waals surface area contributed by atoms with E-state index in [-0.39, 0.29) is 5.41 Å². The lowest BCUT2D eigenvalue weighted by molar-refractivity contribution is 0.660. The highest BCUT2D eigenvalue weighted by atomic mass is 15.0. The van der Waals surface area contributed by atoms with E-state index in [0.717, 1.165) is 39.2 Å². The summed E-state index contributed by atoms with van der Waals surface area (Å²) >= 11 is 0. The number of fused-ring (bicyclic) bond motifs is 7. The topological polar surface area (TPSA) is 30.7 Å². The van der Waals surface area contributed by atoms with Crippen molar-refractivity contribution >= 4 is 32.6 Å². The molecule has 0 bridgehead atoms. The van der Waals surface area contributed by atoms with Crippen LogP contribution in [0.15, 0.2) is 212 Å². The Balaban J connectivity index is 0.955. The van der Waals surface area contributed by atoms with Crippen LogP contribution in [-0.2, 0) is 5.41 Å². The van der Waals surface area contributed by atoms with Gasteiger partial charge in [-0.2, -0.15) is 0 Å². The molecule has 0 amide bonds. The summed E-state index contributed by atoms with van der Waals surface area (Å²) in [4.78, 5) is 10.5. The van der Waals surface area contributed by atoms with Gasteiger partial charge in [0.1, 0.15) is 0 Å². The van der Waals surface area contributed by atoms with Crippen LogP contribution in [0.2, 0.25) is 0 Å². The van der Waals surface area contributed by atoms with E-state index >= 15 is 0 Å². The average molecular weight is 792 g/mol. The number of nitrogens with zero attached hydrogens (tertiary/aromatic N) is 3. The number of para-hydroxylation sites is 2. The maximum Gasteiger partial charge on any atom is 0.160 e. The highest BCUT2D eigenvalue weighted by Gasteiger charge is 2.35. The zero-order chi connectivity index (χ0) is 41.4. The van der Waals surface area contributed by atoms with E-state index in [1.807, 2.05) is 6.07 Å². The quantitative estimate of drug-likeness (QED) is 0.168. The van der Waals surface area contributed by atoms with E-state index in [4.69, 9.17) is 9.97 Å². The number of benzene rings is 9. The molecule has 9 aromatic carbocycles. The van der Waals surface area contributed by atoms with E-state index in [2.05, 4.69) is 225 Å². The second-order valence-electron chi connectivity index (χ2n) is 17.0. The summed E-state index contributed by atoms with van der Waals surface area (Å²) < 4.78 is 2.37. The Kier molecular flexibility index (Phi) is 8.20. The minimum absolute atomic E-state index is 0.0483. The van der Waals surface area contributed by atoms with Crippen molar-refractivity contribution in [3.63, 3.8) is 0 Å². The zero-order valence-corrected chi connectivity index (χ0v) is 34.5. The SMILES string of the molecule is CC1(C)c2ccccc2-c2ccc(-c3ccc(-c4cc(-c5ccc(-c6ccc7c(c6)c6ccccc6n7-c6ccccc6)c6ccccc56)nc(-c5ccccc5)n4)cc3)cc21. The van der Waals surface area contributed by atoms with E-state index in [1.165, 1.54) is 71.7 Å². The molecule has 2 heterocycles. The van der Waals surface area contributed by atoms with Crippen LogP contribution in [0.1, 0.15) is 25.0 Å². The number of hydrogen-bond acceptors (Lipinski definition) is 2. The first-order chi connectivity index (χ1) is 30.5. The second-order valence-corrected chi connectivity index (χ2v) is 17.0. The van der Waals surface area contributed by atoms with Crippen LogP contribution in [0.5, 0.6) is 0 Å². The molecule has 11 aromatic rings. The summed E-state index contributed by atoms with van der Waals surface area (Å²) in [6, 6.07) is 76.6. The smallest absolute Gasteiger partial charge is 0.160 e. The van der Waals surface area contributed by atoms with Crippen molar-refractivity contribution in [2.45, 2.75) is 19.3 Å². The van der Waals surface area contributed by atoms with Gasteiger partial charge in [-0.3, -0.25) is 0 Å². The van der Waals surface area contributed by atoms with Gasteiger partial charge in [-0.25, -0.2) is 9.97 Å². The average Bonchev–Trinajstić information content (AvgIpc) is 3.79. The summed E-state index contributed by atoms with van der Waals surface area (Å²) in [5, 5.41) is 4.81. The second kappa shape index (κ2) is 14.1. The summed E-state index contributed by atoms with van der Waals surface area (Å²) in [5.41, 5.74) is 18.6. The number of hydrogen-bond donors (Lipinski definition) is 0. The van der Waals surface area contributed by atoms with Crippen LogP contribution in [-0.4, -0.2) is 14.5 Å². The normalized spacial score (nSPS) is 12.8. The van der Waals surface area contributed by atoms with E-state index in [9.17, 15) is 0 Å². The van der Waals surface area contributed by atoms with E-state index in [0.29, 0.717) is 5.82 Å². The Morgan fingerprint density at radius 2 is 0.903 bits per heavy atom. The van der Waals surface area contributed by atoms with Gasteiger partial charge >= 0.3 is 0 Å². The molecule has 1 aliphatic rings. The van der Waals surface area contributed by atoms with Crippen molar-refractivity contribution in [2.75, 3.05) is 0 Å². The molecule has 0 fully saturated rings. The van der Waals surface area contributed by atoms with Gasteiger partial charge < -0.3 is 4.57 Å². The van der Waals surface area contributed by atoms with E-state index < -0.39 is 0 Å². The summed E-state index contributed by atoms with van der Waals surface area (Å²) in [5.74, 6) is 0.705. The summed E-state index contributed by atoms with van der Waals surface area (Å²) in [6.45, 7) is 4.67. The fourth-order valence-electron chi connectivity index (χ4n) is 9.94. The van der Waals surface area contributed by atoms with Crippen LogP contribution in [0.3, 0.4) is 0 Å². The minimum Gasteiger partial charge on any atom is -0.309 e. The molecule has 0 N–H and O–H groups in total. The molecule has 0 aliphatic heterocycles. The van der Waals surface area contributed by atoms with Gasteiger partial charge in [0.2, 0.25) is 0 Å². The molecule has 1 aliphatic carbocycles. The first-order valence-electron chi connectivity index (χ1n) is 21.4. The predicted octanol–water partition coefficient (Wildman–Crippen LogP) is 15.4. The maximum atomic E-state index is 5.27. The lowest BCUT2D eigenvalue weighted by atomic mass is 9.81. The van der Waals surface area contributed by atoms with Gasteiger partial charge in [0.15, 0.2) is 5.82 Å². The first-order valence-corrected chi connectivity index (χ1v) is 21.4. The van der Waals surface area contributed by atoms with Crippen molar-refractivity contribution in [2.24, 2.45) is 0 Å². The summed E-state index contributed by atoms with van der Waals surface area (Å²) in [6.07, 6.45) is 0. The van der Waals surface area contributed by atoms with Crippen LogP contribution in [0.25, 0.3) is 106 Å². The van der Waals surface area contributed by atoms with Crippen molar-refractivity contribution in [1.29, 1.82) is 0 Å². The molecule has 0 saturated carbocycles. The molecule has 292 valence electrons. The molecular formula is C59H41N3. The molecule has 2 aromatic heterocycles. The molecular weight excluding hydrogens is 751 g/mol. The molecule has 62 heavy (non-hydrogen) atoms. The van der Waals surface area contributed by atoms with E-state index in [1.54, 1.807) is 0 Å². The first kappa shape index (κ1) is 36.0. The van der Waals surface area contributed by atoms with Crippen molar-refractivity contribution in [3.8, 4) is 73.0 Å². The van der Waals surface area contributed by atoms with Gasteiger partial charge in [0, 0.05) is 38.6 Å². The molecule has 0 unspecified atom stereocenters. The highest BCUT2D eigenvalue weighted by molar-refractivity contribution is 6.12. The van der Waals surface area contributed by atoms with Gasteiger partial charge in [-0.15, -0.1) is 0 Å². The van der Waals surface area contributed by atoms with Crippen molar-refractivity contribution < 1.29 is 0 Å². The molecule has 3 heteroatoms. The van der Waals surface area contributed by atoms with Gasteiger partial charge in [0.05, 0.1) is 22.4 Å². The Labute approximate surface area is 361 Å². The number of rotatable bonds is 6. The Morgan fingerprint density at radius 3 is 1.71 bits per heavy atom. The maximum absolute atomic E-state index is 5.27. The Bertz CT molecular complexity index is 3520. The Hall–Kier alpha value is -7.88. The number of aromatic nitrogens is 3. The molecule has 3 nitrogen and oxygen atoms in total. The van der Waals surface area contributed by atoms with Crippen LogP contribution >= 0.6 is 0 Å². The third-order valence-electron chi connectivity index (χ3n) is 13.1. The minimum atomic E-state index is -0.0483. The lowest BCUT2D eigenvalue weighted by Crippen LogP contribution is -2.14. The van der Waals surface area contributed by atoms with Gasteiger partial charge in [0.25, 0.3) is 0 Å². The van der Waals surface area contributed by atoms with Crippen LogP contribution in [0, 0.1) is 0 Å². The van der Waals surface area contributed by atoms with Crippen molar-refractivity contribution in [3.05, 3.63) is 223 Å². The lowest BCUT2D eigenvalue weighted by Gasteiger charge is -2.22. The van der Waals surface area contributed by atoms with Crippen LogP contribution in [0.4, 0.5) is 0 Å². The third kappa shape index (κ3) is 5.73. The van der Waals surface area contributed by atoms with Gasteiger partial charge in [-0.1, -0.05) is 184 Å². The predicted molar refractivity (Wildman–Crippen MR) is 259 cm³/mol. The molecule has 0 spiro atoms. The standard InChI is InChI=1S/C59H41N3/c1-59(2)52-23-13-11-21-47(52)48-31-29-41(36-53(48)59)38-25-27-39(28-26-38)54-37-55(61-58(60-54)40-15-5-3-6-16-40)49-33-32-44(45-19-9-10-20-46(45)49)42-30-34-57-51(35-42)50-22-12-14-24-56(50)62(57)43-17-7-4-8-18-43/h3-37H,1-2H3. The molecule has 0 radical (unpaired) electrons. The molecule has 12 rings (SSSR count). The monoisotopic (exact) mass is 791 g/mol. The van der Waals surface area contributed by atoms with Crippen molar-refractivity contribution in [1.82, 2.24) is 14.5 Å². The fraction of sp³-hybridized carbons (Fsp3) is 0.0508.